The van der Waals surface area contributed by atoms with Crippen molar-refractivity contribution in [3.8, 4) is 17.7 Å². The first-order valence-corrected chi connectivity index (χ1v) is 10.2. The lowest BCUT2D eigenvalue weighted by Crippen LogP contribution is -2.42. The van der Waals surface area contributed by atoms with Crippen LogP contribution in [0.2, 0.25) is 0 Å². The van der Waals surface area contributed by atoms with Crippen molar-refractivity contribution in [2.75, 3.05) is 4.90 Å². The average molecular weight is 389 g/mol. The first kappa shape index (κ1) is 17.8. The highest BCUT2D eigenvalue weighted by Crippen LogP contribution is 2.43. The second-order valence-corrected chi connectivity index (χ2v) is 7.72. The van der Waals surface area contributed by atoms with Gasteiger partial charge >= 0.3 is 0 Å². The van der Waals surface area contributed by atoms with Crippen molar-refractivity contribution >= 4 is 5.82 Å². The molecule has 29 heavy (non-hydrogen) atoms. The van der Waals surface area contributed by atoms with Gasteiger partial charge in [0, 0.05) is 12.2 Å². The Morgan fingerprint density at radius 2 is 2.03 bits per heavy atom. The number of hydrogen-bond acceptors (Lipinski definition) is 7. The average Bonchev–Trinajstić information content (AvgIpc) is 3.47. The Kier molecular flexibility index (Phi) is 4.27. The number of rotatable bonds is 4. The molecule has 3 aromatic rings. The third-order valence-electron chi connectivity index (χ3n) is 5.95. The van der Waals surface area contributed by atoms with Crippen LogP contribution in [-0.2, 0) is 6.42 Å². The SMILES string of the molecule is CC[C@@H]1c2nncn2-c2c(C)nc(-n3cnc(CC#N)c3)nc2N1C1CCCC1. The molecule has 1 aliphatic carbocycles. The van der Waals surface area contributed by atoms with Crippen LogP contribution in [0.15, 0.2) is 18.9 Å². The molecule has 3 aromatic heterocycles. The molecule has 0 N–H and O–H groups in total. The van der Waals surface area contributed by atoms with Gasteiger partial charge in [-0.3, -0.25) is 9.13 Å². The van der Waals surface area contributed by atoms with Crippen LogP contribution in [0.4, 0.5) is 5.82 Å². The van der Waals surface area contributed by atoms with E-state index in [4.69, 9.17) is 15.2 Å². The summed E-state index contributed by atoms with van der Waals surface area (Å²) >= 11 is 0. The highest BCUT2D eigenvalue weighted by Gasteiger charge is 2.39. The quantitative estimate of drug-likeness (QED) is 0.676. The molecule has 1 fully saturated rings. The predicted molar refractivity (Wildman–Crippen MR) is 106 cm³/mol. The van der Waals surface area contributed by atoms with Crippen molar-refractivity contribution in [1.82, 2.24) is 34.3 Å². The molecule has 2 aliphatic rings. The summed E-state index contributed by atoms with van der Waals surface area (Å²) in [5.41, 5.74) is 2.55. The fourth-order valence-electron chi connectivity index (χ4n) is 4.66. The van der Waals surface area contributed by atoms with Crippen molar-refractivity contribution in [3.05, 3.63) is 36.1 Å². The monoisotopic (exact) mass is 389 g/mol. The molecule has 0 saturated heterocycles. The summed E-state index contributed by atoms with van der Waals surface area (Å²) in [6.45, 7) is 4.19. The number of nitrogens with zero attached hydrogens (tertiary/aromatic N) is 9. The van der Waals surface area contributed by atoms with Crippen LogP contribution >= 0.6 is 0 Å². The Balaban J connectivity index is 1.69. The van der Waals surface area contributed by atoms with Gasteiger partial charge in [-0.05, 0) is 26.2 Å². The Morgan fingerprint density at radius 1 is 1.21 bits per heavy atom. The molecule has 148 valence electrons. The van der Waals surface area contributed by atoms with E-state index in [9.17, 15) is 0 Å². The van der Waals surface area contributed by atoms with E-state index in [0.717, 1.165) is 29.4 Å². The molecule has 0 bridgehead atoms. The lowest BCUT2D eigenvalue weighted by molar-refractivity contribution is 0.467. The Morgan fingerprint density at radius 3 is 2.79 bits per heavy atom. The molecular weight excluding hydrogens is 366 g/mol. The topological polar surface area (TPSA) is 101 Å². The fourth-order valence-corrected chi connectivity index (χ4v) is 4.66. The molecule has 0 unspecified atom stereocenters. The normalized spacial score (nSPS) is 18.5. The molecule has 9 nitrogen and oxygen atoms in total. The zero-order chi connectivity index (χ0) is 20.0. The summed E-state index contributed by atoms with van der Waals surface area (Å²) < 4.78 is 3.85. The minimum Gasteiger partial charge on any atom is -0.341 e. The number of hydrogen-bond donors (Lipinski definition) is 0. The van der Waals surface area contributed by atoms with Gasteiger partial charge in [0.05, 0.1) is 29.9 Å². The second kappa shape index (κ2) is 6.95. The zero-order valence-electron chi connectivity index (χ0n) is 16.7. The van der Waals surface area contributed by atoms with Gasteiger partial charge in [0.2, 0.25) is 5.95 Å². The van der Waals surface area contributed by atoms with Crippen LogP contribution in [-0.4, -0.2) is 40.3 Å². The first-order valence-electron chi connectivity index (χ1n) is 10.2. The molecule has 9 heteroatoms. The zero-order valence-corrected chi connectivity index (χ0v) is 16.7. The van der Waals surface area contributed by atoms with Gasteiger partial charge in [0.15, 0.2) is 11.6 Å². The predicted octanol–water partition coefficient (Wildman–Crippen LogP) is 2.83. The number of aryl methyl sites for hydroxylation is 1. The van der Waals surface area contributed by atoms with Gasteiger partial charge in [0.1, 0.15) is 18.3 Å². The van der Waals surface area contributed by atoms with Gasteiger partial charge in [-0.25, -0.2) is 9.97 Å². The van der Waals surface area contributed by atoms with Crippen molar-refractivity contribution in [2.24, 2.45) is 0 Å². The summed E-state index contributed by atoms with van der Waals surface area (Å²) in [5, 5.41) is 17.6. The number of anilines is 1. The van der Waals surface area contributed by atoms with E-state index in [0.29, 0.717) is 17.7 Å². The number of imidazole rings is 1. The van der Waals surface area contributed by atoms with E-state index in [1.54, 1.807) is 17.2 Å². The second-order valence-electron chi connectivity index (χ2n) is 7.72. The first-order chi connectivity index (χ1) is 14.2. The maximum absolute atomic E-state index is 8.93. The van der Waals surface area contributed by atoms with Crippen LogP contribution in [0.3, 0.4) is 0 Å². The molecule has 1 aliphatic heterocycles. The minimum absolute atomic E-state index is 0.146. The molecule has 5 rings (SSSR count). The fraction of sp³-hybridized carbons (Fsp3) is 0.500. The van der Waals surface area contributed by atoms with Crippen molar-refractivity contribution in [2.45, 2.75) is 64.5 Å². The van der Waals surface area contributed by atoms with E-state index in [1.807, 2.05) is 17.7 Å². The van der Waals surface area contributed by atoms with Gasteiger partial charge in [-0.2, -0.15) is 10.2 Å². The van der Waals surface area contributed by atoms with Crippen LogP contribution in [0.1, 0.15) is 62.3 Å². The molecule has 0 amide bonds. The molecule has 1 saturated carbocycles. The van der Waals surface area contributed by atoms with Crippen molar-refractivity contribution in [3.63, 3.8) is 0 Å². The van der Waals surface area contributed by atoms with Gasteiger partial charge in [-0.1, -0.05) is 19.8 Å². The van der Waals surface area contributed by atoms with Crippen LogP contribution in [0.5, 0.6) is 0 Å². The lowest BCUT2D eigenvalue weighted by atomic mass is 10.0. The van der Waals surface area contributed by atoms with E-state index < -0.39 is 0 Å². The highest BCUT2D eigenvalue weighted by atomic mass is 15.4. The molecule has 1 atom stereocenters. The molecule has 0 aromatic carbocycles. The van der Waals surface area contributed by atoms with Crippen molar-refractivity contribution < 1.29 is 0 Å². The molecule has 0 spiro atoms. The van der Waals surface area contributed by atoms with Gasteiger partial charge < -0.3 is 4.90 Å². The van der Waals surface area contributed by atoms with E-state index in [1.165, 1.54) is 25.7 Å². The van der Waals surface area contributed by atoms with E-state index in [-0.39, 0.29) is 12.5 Å². The summed E-state index contributed by atoms with van der Waals surface area (Å²) in [7, 11) is 0. The highest BCUT2D eigenvalue weighted by molar-refractivity contribution is 5.65. The maximum atomic E-state index is 8.93. The lowest BCUT2D eigenvalue weighted by Gasteiger charge is -2.41. The standard InChI is InChI=1S/C20H23N9/c1-3-16-18-26-23-12-28(18)17-13(2)24-20(27-10-14(8-9-21)22-11-27)25-19(17)29(16)15-6-4-5-7-15/h10-12,15-16H,3-8H2,1-2H3/t16-/m1/s1. The van der Waals surface area contributed by atoms with E-state index in [2.05, 4.69) is 33.1 Å². The Bertz CT molecular complexity index is 1080. The smallest absolute Gasteiger partial charge is 0.237 e. The van der Waals surface area contributed by atoms with Crippen molar-refractivity contribution in [1.29, 1.82) is 5.26 Å². The molecule has 0 radical (unpaired) electrons. The Hall–Kier alpha value is -3.28. The van der Waals surface area contributed by atoms with Crippen LogP contribution in [0.25, 0.3) is 11.6 Å². The van der Waals surface area contributed by atoms with Gasteiger partial charge in [-0.15, -0.1) is 10.2 Å². The number of fused-ring (bicyclic) bond motifs is 3. The summed E-state index contributed by atoms with van der Waals surface area (Å²) in [6, 6.07) is 2.73. The van der Waals surface area contributed by atoms with Crippen LogP contribution in [0, 0.1) is 18.3 Å². The molecular formula is C20H23N9. The Labute approximate surface area is 169 Å². The van der Waals surface area contributed by atoms with Crippen LogP contribution < -0.4 is 4.90 Å². The summed E-state index contributed by atoms with van der Waals surface area (Å²) in [5.74, 6) is 2.48. The van der Waals surface area contributed by atoms with Gasteiger partial charge in [0.25, 0.3) is 0 Å². The third kappa shape index (κ3) is 2.78. The third-order valence-corrected chi connectivity index (χ3v) is 5.95. The van der Waals surface area contributed by atoms with E-state index >= 15 is 0 Å². The largest absolute Gasteiger partial charge is 0.341 e. The number of nitriles is 1. The summed E-state index contributed by atoms with van der Waals surface area (Å²) in [4.78, 5) is 16.5. The number of aromatic nitrogens is 7. The maximum Gasteiger partial charge on any atom is 0.237 e. The summed E-state index contributed by atoms with van der Waals surface area (Å²) in [6.07, 6.45) is 11.3. The molecule has 4 heterocycles. The minimum atomic E-state index is 0.146.